The number of hydrogen-bond acceptors (Lipinski definition) is 3. The zero-order chi connectivity index (χ0) is 17.6. The number of carbonyl (C=O) groups excluding carboxylic acids is 2. The van der Waals surface area contributed by atoms with Gasteiger partial charge in [-0.2, -0.15) is 4.79 Å². The SMILES string of the molecule is CCOc1ccc(N2C(=O)c3c[nH+]c4ccccc4[n+]3C2=O)c(F)c1. The zero-order valence-electron chi connectivity index (χ0n) is 13.3. The van der Waals surface area contributed by atoms with Crippen LogP contribution in [0.1, 0.15) is 17.4 Å². The largest absolute Gasteiger partial charge is 0.512 e. The van der Waals surface area contributed by atoms with Crippen molar-refractivity contribution in [3.8, 4) is 5.75 Å². The number of nitrogens with zero attached hydrogens (tertiary/aromatic N) is 2. The predicted octanol–water partition coefficient (Wildman–Crippen LogP) is 2.11. The number of ether oxygens (including phenoxy) is 1. The van der Waals surface area contributed by atoms with Gasteiger partial charge in [0.2, 0.25) is 11.7 Å². The van der Waals surface area contributed by atoms with Crippen molar-refractivity contribution in [2.75, 3.05) is 11.5 Å². The maximum atomic E-state index is 14.5. The molecule has 3 aromatic rings. The highest BCUT2D eigenvalue weighted by Gasteiger charge is 2.50. The van der Waals surface area contributed by atoms with E-state index < -0.39 is 17.8 Å². The Balaban J connectivity index is 1.84. The van der Waals surface area contributed by atoms with Gasteiger partial charge in [0, 0.05) is 12.1 Å². The van der Waals surface area contributed by atoms with Gasteiger partial charge in [-0.25, -0.2) is 14.2 Å². The Bertz CT molecular complexity index is 1040. The minimum Gasteiger partial charge on any atom is -0.494 e. The molecule has 25 heavy (non-hydrogen) atoms. The Hall–Kier alpha value is -3.35. The summed E-state index contributed by atoms with van der Waals surface area (Å²) < 4.78 is 21.0. The second kappa shape index (κ2) is 5.62. The number of fused-ring (bicyclic) bond motifs is 3. The fourth-order valence-corrected chi connectivity index (χ4v) is 2.93. The maximum Gasteiger partial charge on any atom is 0.512 e. The minimum absolute atomic E-state index is 0.105. The first-order chi connectivity index (χ1) is 12.1. The molecule has 2 heterocycles. The van der Waals surface area contributed by atoms with Gasteiger partial charge >= 0.3 is 11.9 Å². The van der Waals surface area contributed by atoms with Crippen LogP contribution in [0.15, 0.2) is 48.7 Å². The van der Waals surface area contributed by atoms with E-state index in [4.69, 9.17) is 4.74 Å². The molecule has 0 saturated carbocycles. The summed E-state index contributed by atoms with van der Waals surface area (Å²) >= 11 is 0. The topological polar surface area (TPSA) is 64.6 Å². The second-order valence-electron chi connectivity index (χ2n) is 5.50. The summed E-state index contributed by atoms with van der Waals surface area (Å²) in [6.45, 7) is 2.18. The molecule has 4 rings (SSSR count). The van der Waals surface area contributed by atoms with Crippen LogP contribution < -0.4 is 19.2 Å². The fourth-order valence-electron chi connectivity index (χ4n) is 2.93. The van der Waals surface area contributed by atoms with Gasteiger partial charge < -0.3 is 4.74 Å². The number of amides is 2. The van der Waals surface area contributed by atoms with Gasteiger partial charge in [-0.1, -0.05) is 12.1 Å². The summed E-state index contributed by atoms with van der Waals surface area (Å²) in [4.78, 5) is 29.3. The molecular formula is C18H14FN3O3+2. The van der Waals surface area contributed by atoms with Crippen molar-refractivity contribution in [2.45, 2.75) is 6.92 Å². The number of H-pyrrole nitrogens is 1. The van der Waals surface area contributed by atoms with E-state index in [1.54, 1.807) is 25.1 Å². The Morgan fingerprint density at radius 1 is 1.20 bits per heavy atom. The lowest BCUT2D eigenvalue weighted by molar-refractivity contribution is -0.551. The molecule has 2 amide bonds. The van der Waals surface area contributed by atoms with Gasteiger partial charge in [-0.15, -0.1) is 9.47 Å². The van der Waals surface area contributed by atoms with Crippen LogP contribution in [-0.4, -0.2) is 18.5 Å². The van der Waals surface area contributed by atoms with E-state index in [9.17, 15) is 14.0 Å². The summed E-state index contributed by atoms with van der Waals surface area (Å²) in [5.41, 5.74) is 1.29. The van der Waals surface area contributed by atoms with Crippen molar-refractivity contribution in [1.82, 2.24) is 0 Å². The summed E-state index contributed by atoms with van der Waals surface area (Å²) in [5, 5.41) is 0. The number of rotatable bonds is 3. The van der Waals surface area contributed by atoms with Crippen molar-refractivity contribution in [3.05, 3.63) is 60.2 Å². The summed E-state index contributed by atoms with van der Waals surface area (Å²) in [7, 11) is 0. The van der Waals surface area contributed by atoms with E-state index in [-0.39, 0.29) is 11.4 Å². The molecule has 2 aromatic carbocycles. The molecule has 0 bridgehead atoms. The molecular weight excluding hydrogens is 325 g/mol. The highest BCUT2D eigenvalue weighted by molar-refractivity contribution is 6.21. The third-order valence-electron chi connectivity index (χ3n) is 4.03. The molecule has 1 aliphatic rings. The van der Waals surface area contributed by atoms with E-state index in [0.29, 0.717) is 23.4 Å². The van der Waals surface area contributed by atoms with Crippen LogP contribution >= 0.6 is 0 Å². The van der Waals surface area contributed by atoms with Gasteiger partial charge in [-0.3, -0.25) is 0 Å². The number of para-hydroxylation sites is 2. The predicted molar refractivity (Wildman–Crippen MR) is 85.9 cm³/mol. The van der Waals surface area contributed by atoms with Crippen molar-refractivity contribution < 1.29 is 28.3 Å². The van der Waals surface area contributed by atoms with E-state index >= 15 is 0 Å². The molecule has 0 aliphatic carbocycles. The van der Waals surface area contributed by atoms with Gasteiger partial charge in [0.25, 0.3) is 11.2 Å². The third kappa shape index (κ3) is 2.24. The quantitative estimate of drug-likeness (QED) is 0.687. The number of imide groups is 1. The molecule has 0 fully saturated rings. The standard InChI is InChI=1S/C18H13FN3O3/c1-2-25-11-7-8-14(12(19)9-11)22-17(23)16-10-20-13-5-3-4-6-15(13)21(16)18(22)24/h3-10H,2H2,1H3/q+1/p+1. The number of aromatic nitrogens is 2. The summed E-state index contributed by atoms with van der Waals surface area (Å²) in [5.74, 6) is -0.948. The lowest BCUT2D eigenvalue weighted by Crippen LogP contribution is -2.47. The van der Waals surface area contributed by atoms with E-state index in [1.807, 2.05) is 6.07 Å². The van der Waals surface area contributed by atoms with Crippen molar-refractivity contribution in [2.24, 2.45) is 0 Å². The highest BCUT2D eigenvalue weighted by atomic mass is 19.1. The van der Waals surface area contributed by atoms with Crippen molar-refractivity contribution in [3.63, 3.8) is 0 Å². The van der Waals surface area contributed by atoms with Gasteiger partial charge in [0.1, 0.15) is 5.75 Å². The van der Waals surface area contributed by atoms with E-state index in [0.717, 1.165) is 11.0 Å². The molecule has 0 unspecified atom stereocenters. The first-order valence-electron chi connectivity index (χ1n) is 7.78. The average molecular weight is 339 g/mol. The molecule has 124 valence electrons. The molecule has 0 spiro atoms. The van der Waals surface area contributed by atoms with E-state index in [1.165, 1.54) is 22.9 Å². The number of aromatic amines is 1. The van der Waals surface area contributed by atoms with Crippen LogP contribution in [0.4, 0.5) is 14.9 Å². The molecule has 7 heteroatoms. The third-order valence-corrected chi connectivity index (χ3v) is 4.03. The molecule has 1 aliphatic heterocycles. The smallest absolute Gasteiger partial charge is 0.494 e. The van der Waals surface area contributed by atoms with Crippen LogP contribution in [0.2, 0.25) is 0 Å². The molecule has 6 nitrogen and oxygen atoms in total. The number of nitrogens with one attached hydrogen (secondary N) is 1. The second-order valence-corrected chi connectivity index (χ2v) is 5.50. The molecule has 0 radical (unpaired) electrons. The fraction of sp³-hybridized carbons (Fsp3) is 0.111. The highest BCUT2D eigenvalue weighted by Crippen LogP contribution is 2.27. The number of hydrogen-bond donors (Lipinski definition) is 0. The number of halogens is 1. The Morgan fingerprint density at radius 3 is 2.76 bits per heavy atom. The number of benzene rings is 2. The van der Waals surface area contributed by atoms with Crippen molar-refractivity contribution in [1.29, 1.82) is 0 Å². The van der Waals surface area contributed by atoms with Crippen molar-refractivity contribution >= 4 is 28.7 Å². The monoisotopic (exact) mass is 339 g/mol. The first kappa shape index (κ1) is 15.2. The average Bonchev–Trinajstić information content (AvgIpc) is 2.87. The summed E-state index contributed by atoms with van der Waals surface area (Å²) in [6.07, 6.45) is 1.45. The van der Waals surface area contributed by atoms with Crippen LogP contribution in [0.5, 0.6) is 5.75 Å². The van der Waals surface area contributed by atoms with Crippen LogP contribution in [0.3, 0.4) is 0 Å². The normalized spacial score (nSPS) is 13.4. The molecule has 0 atom stereocenters. The Labute approximate surface area is 142 Å². The van der Waals surface area contributed by atoms with Gasteiger partial charge in [0.05, 0.1) is 6.61 Å². The molecule has 1 N–H and O–H groups in total. The van der Waals surface area contributed by atoms with Crippen LogP contribution in [-0.2, 0) is 0 Å². The molecule has 1 aromatic heterocycles. The number of carbonyl (C=O) groups is 2. The lowest BCUT2D eigenvalue weighted by Gasteiger charge is -2.08. The van der Waals surface area contributed by atoms with Gasteiger partial charge in [0.15, 0.2) is 11.5 Å². The maximum absolute atomic E-state index is 14.5. The molecule has 0 saturated heterocycles. The summed E-state index contributed by atoms with van der Waals surface area (Å²) in [6, 6.07) is 10.5. The lowest BCUT2D eigenvalue weighted by atomic mass is 10.2. The minimum atomic E-state index is -0.700. The zero-order valence-corrected chi connectivity index (χ0v) is 13.3. The number of anilines is 1. The Kier molecular flexibility index (Phi) is 3.42. The van der Waals surface area contributed by atoms with Crippen LogP contribution in [0, 0.1) is 5.82 Å². The first-order valence-corrected chi connectivity index (χ1v) is 7.78. The van der Waals surface area contributed by atoms with Crippen LogP contribution in [0.25, 0.3) is 11.0 Å². The van der Waals surface area contributed by atoms with E-state index in [2.05, 4.69) is 4.98 Å². The Morgan fingerprint density at radius 2 is 2.00 bits per heavy atom. The van der Waals surface area contributed by atoms with Gasteiger partial charge in [-0.05, 0) is 25.1 Å².